The summed E-state index contributed by atoms with van der Waals surface area (Å²) in [5, 5.41) is 10.0. The van der Waals surface area contributed by atoms with Crippen LogP contribution in [0.2, 0.25) is 0 Å². The lowest BCUT2D eigenvalue weighted by molar-refractivity contribution is 0.0741. The molecule has 0 aliphatic carbocycles. The Morgan fingerprint density at radius 3 is 2.59 bits per heavy atom. The molecule has 1 saturated heterocycles. The third-order valence-electron chi connectivity index (χ3n) is 6.90. The van der Waals surface area contributed by atoms with Gasteiger partial charge in [0.2, 0.25) is 0 Å². The van der Waals surface area contributed by atoms with E-state index in [1.165, 1.54) is 0 Å². The van der Waals surface area contributed by atoms with E-state index < -0.39 is 0 Å². The highest BCUT2D eigenvalue weighted by atomic mass is 19.1. The largest absolute Gasteiger partial charge is 0.496 e. The number of carbonyl (C=O) groups is 1. The van der Waals surface area contributed by atoms with Crippen molar-refractivity contribution in [2.24, 2.45) is 0 Å². The Labute approximate surface area is 216 Å². The average Bonchev–Trinajstić information content (AvgIpc) is 3.39. The first kappa shape index (κ1) is 24.3. The maximum atomic E-state index is 15.6. The normalized spacial score (nSPS) is 13.7. The molecule has 0 saturated carbocycles. The highest BCUT2D eigenvalue weighted by Gasteiger charge is 2.27. The van der Waals surface area contributed by atoms with Gasteiger partial charge in [0.25, 0.3) is 5.91 Å². The van der Waals surface area contributed by atoms with Crippen molar-refractivity contribution >= 4 is 22.6 Å². The molecular weight excluding hydrogens is 469 g/mol. The minimum absolute atomic E-state index is 0. The maximum Gasteiger partial charge on any atom is 0.270 e. The molecule has 37 heavy (non-hydrogen) atoms. The number of nitrogens with zero attached hydrogens (tertiary/aromatic N) is 4. The van der Waals surface area contributed by atoms with Crippen molar-refractivity contribution in [3.8, 4) is 22.9 Å². The van der Waals surface area contributed by atoms with Gasteiger partial charge in [-0.1, -0.05) is 32.0 Å². The SMILES string of the molecule is COc1ccccc1-c1cc(C(C)C)c(F)c2[nH]c(C(=O)N3CCN(c4ncccc4C#N)CC3)cc12.[HH]. The number of carbonyl (C=O) groups excluding carboxylic acids is 1. The molecule has 1 amide bonds. The van der Waals surface area contributed by atoms with Gasteiger partial charge in [0.05, 0.1) is 18.2 Å². The molecule has 190 valence electrons. The van der Waals surface area contributed by atoms with Gasteiger partial charge in [-0.3, -0.25) is 4.79 Å². The molecule has 1 fully saturated rings. The number of aromatic amines is 1. The highest BCUT2D eigenvalue weighted by molar-refractivity contribution is 6.04. The molecule has 8 heteroatoms. The number of ether oxygens (including phenoxy) is 1. The summed E-state index contributed by atoms with van der Waals surface area (Å²) in [7, 11) is 1.61. The van der Waals surface area contributed by atoms with Crippen molar-refractivity contribution in [3.05, 3.63) is 77.4 Å². The van der Waals surface area contributed by atoms with Gasteiger partial charge in [0.1, 0.15) is 23.3 Å². The summed E-state index contributed by atoms with van der Waals surface area (Å²) in [5.41, 5.74) is 3.41. The molecule has 0 unspecified atom stereocenters. The summed E-state index contributed by atoms with van der Waals surface area (Å²) < 4.78 is 21.2. The van der Waals surface area contributed by atoms with Crippen molar-refractivity contribution in [2.75, 3.05) is 38.2 Å². The van der Waals surface area contributed by atoms with Gasteiger partial charge in [-0.2, -0.15) is 5.26 Å². The standard InChI is InChI=1S/C29H28FN5O2.H2/c1-18(2)21-15-22(20-8-4-5-9-25(20)37-3)23-16-24(33-27(23)26(21)30)29(36)35-13-11-34(12-14-35)28-19(17-31)7-6-10-32-28;/h4-10,15-16,18,33H,11-14H2,1-3H3;1H. The van der Waals surface area contributed by atoms with Crippen LogP contribution >= 0.6 is 0 Å². The molecule has 7 nitrogen and oxygen atoms in total. The Morgan fingerprint density at radius 2 is 1.89 bits per heavy atom. The number of anilines is 1. The lowest BCUT2D eigenvalue weighted by Crippen LogP contribution is -2.49. The van der Waals surface area contributed by atoms with E-state index in [-0.39, 0.29) is 19.1 Å². The number of halogens is 1. The Morgan fingerprint density at radius 1 is 1.14 bits per heavy atom. The first-order valence-corrected chi connectivity index (χ1v) is 12.3. The summed E-state index contributed by atoms with van der Waals surface area (Å²) in [4.78, 5) is 24.7. The first-order chi connectivity index (χ1) is 17.9. The molecule has 1 aliphatic rings. The number of rotatable bonds is 5. The number of fused-ring (bicyclic) bond motifs is 1. The molecule has 1 N–H and O–H groups in total. The number of nitriles is 1. The van der Waals surface area contributed by atoms with Crippen LogP contribution < -0.4 is 9.64 Å². The van der Waals surface area contributed by atoms with E-state index in [0.29, 0.717) is 65.5 Å². The van der Waals surface area contributed by atoms with Gasteiger partial charge in [0.15, 0.2) is 5.82 Å². The summed E-state index contributed by atoms with van der Waals surface area (Å²) in [5.74, 6) is 0.743. The fourth-order valence-corrected chi connectivity index (χ4v) is 4.93. The van der Waals surface area contributed by atoms with E-state index in [4.69, 9.17) is 4.74 Å². The summed E-state index contributed by atoms with van der Waals surface area (Å²) in [6.07, 6.45) is 1.66. The van der Waals surface area contributed by atoms with Crippen LogP contribution in [0.15, 0.2) is 54.7 Å². The predicted molar refractivity (Wildman–Crippen MR) is 144 cm³/mol. The van der Waals surface area contributed by atoms with Gasteiger partial charge in [0, 0.05) is 44.8 Å². The first-order valence-electron chi connectivity index (χ1n) is 12.3. The molecule has 0 bridgehead atoms. The second-order valence-corrected chi connectivity index (χ2v) is 9.42. The lowest BCUT2D eigenvalue weighted by atomic mass is 9.93. The molecule has 1 aliphatic heterocycles. The molecular formula is C29H30FN5O2. The zero-order valence-electron chi connectivity index (χ0n) is 21.1. The van der Waals surface area contributed by atoms with Crippen LogP contribution in [0.1, 0.15) is 42.8 Å². The number of amides is 1. The third kappa shape index (κ3) is 4.38. The highest BCUT2D eigenvalue weighted by Crippen LogP contribution is 2.39. The van der Waals surface area contributed by atoms with Crippen LogP contribution in [-0.4, -0.2) is 54.1 Å². The number of hydrogen-bond acceptors (Lipinski definition) is 5. The molecule has 0 atom stereocenters. The number of piperazine rings is 1. The van der Waals surface area contributed by atoms with Crippen LogP contribution in [0.25, 0.3) is 22.0 Å². The van der Waals surface area contributed by atoms with Crippen LogP contribution in [0.4, 0.5) is 10.2 Å². The number of para-hydroxylation sites is 1. The predicted octanol–water partition coefficient (Wildman–Crippen LogP) is 5.58. The molecule has 0 spiro atoms. The molecule has 2 aromatic heterocycles. The third-order valence-corrected chi connectivity index (χ3v) is 6.90. The van der Waals surface area contributed by atoms with Crippen LogP contribution in [-0.2, 0) is 0 Å². The second kappa shape index (κ2) is 9.94. The smallest absolute Gasteiger partial charge is 0.270 e. The number of H-pyrrole nitrogens is 1. The summed E-state index contributed by atoms with van der Waals surface area (Å²) in [6, 6.07) is 16.9. The fraction of sp³-hybridized carbons (Fsp3) is 0.276. The zero-order chi connectivity index (χ0) is 26.1. The van der Waals surface area contributed by atoms with Crippen LogP contribution in [0.5, 0.6) is 5.75 Å². The average molecular weight is 500 g/mol. The Balaban J connectivity index is 0.00000336. The Hall–Kier alpha value is -4.38. The van der Waals surface area contributed by atoms with Gasteiger partial charge in [-0.15, -0.1) is 0 Å². The van der Waals surface area contributed by atoms with E-state index in [1.54, 1.807) is 36.4 Å². The Kier molecular flexibility index (Phi) is 6.53. The monoisotopic (exact) mass is 499 g/mol. The minimum Gasteiger partial charge on any atom is -0.496 e. The van der Waals surface area contributed by atoms with Crippen molar-refractivity contribution in [1.29, 1.82) is 5.26 Å². The minimum atomic E-state index is -0.341. The van der Waals surface area contributed by atoms with E-state index in [9.17, 15) is 10.1 Å². The van der Waals surface area contributed by atoms with Gasteiger partial charge in [-0.25, -0.2) is 9.37 Å². The molecule has 0 radical (unpaired) electrons. The van der Waals surface area contributed by atoms with Crippen molar-refractivity contribution in [3.63, 3.8) is 0 Å². The van der Waals surface area contributed by atoms with Crippen molar-refractivity contribution in [1.82, 2.24) is 14.9 Å². The number of aromatic nitrogens is 2. The number of hydrogen-bond donors (Lipinski definition) is 1. The quantitative estimate of drug-likeness (QED) is 0.387. The van der Waals surface area contributed by atoms with E-state index in [0.717, 1.165) is 11.1 Å². The summed E-state index contributed by atoms with van der Waals surface area (Å²) >= 11 is 0. The molecule has 3 heterocycles. The molecule has 4 aromatic rings. The summed E-state index contributed by atoms with van der Waals surface area (Å²) in [6.45, 7) is 5.93. The van der Waals surface area contributed by atoms with Gasteiger partial charge < -0.3 is 19.5 Å². The van der Waals surface area contributed by atoms with Crippen LogP contribution in [0, 0.1) is 17.1 Å². The number of pyridine rings is 1. The van der Waals surface area contributed by atoms with Crippen molar-refractivity contribution < 1.29 is 15.3 Å². The van der Waals surface area contributed by atoms with Crippen LogP contribution in [0.3, 0.4) is 0 Å². The number of nitrogens with one attached hydrogen (secondary N) is 1. The molecule has 2 aromatic carbocycles. The maximum absolute atomic E-state index is 15.6. The fourth-order valence-electron chi connectivity index (χ4n) is 4.93. The number of methoxy groups -OCH3 is 1. The van der Waals surface area contributed by atoms with Gasteiger partial charge in [-0.05, 0) is 47.4 Å². The van der Waals surface area contributed by atoms with E-state index >= 15 is 4.39 Å². The Bertz CT molecular complexity index is 1520. The molecule has 5 rings (SSSR count). The van der Waals surface area contributed by atoms with E-state index in [2.05, 4.69) is 16.0 Å². The van der Waals surface area contributed by atoms with Crippen molar-refractivity contribution in [2.45, 2.75) is 19.8 Å². The topological polar surface area (TPSA) is 85.2 Å². The van der Waals surface area contributed by atoms with Gasteiger partial charge >= 0.3 is 0 Å². The second-order valence-electron chi connectivity index (χ2n) is 9.42. The lowest BCUT2D eigenvalue weighted by Gasteiger charge is -2.35. The van der Waals surface area contributed by atoms with E-state index in [1.807, 2.05) is 49.1 Å². The number of benzene rings is 2. The zero-order valence-corrected chi connectivity index (χ0v) is 21.1.